The zero-order chi connectivity index (χ0) is 14.3. The second kappa shape index (κ2) is 10.7. The molecule has 4 nitrogen and oxygen atoms in total. The lowest BCUT2D eigenvalue weighted by atomic mass is 10.0. The maximum atomic E-state index is 4.27. The van der Waals surface area contributed by atoms with Gasteiger partial charge in [0.05, 0.1) is 0 Å². The summed E-state index contributed by atoms with van der Waals surface area (Å²) in [4.78, 5) is 6.89. The number of piperidine rings is 1. The topological polar surface area (TPSA) is 39.7 Å². The van der Waals surface area contributed by atoms with Crippen LogP contribution in [0.25, 0.3) is 0 Å². The quantitative estimate of drug-likeness (QED) is 0.427. The van der Waals surface area contributed by atoms with E-state index in [-0.39, 0.29) is 24.0 Å². The highest BCUT2D eigenvalue weighted by Gasteiger charge is 2.22. The molecule has 1 saturated heterocycles. The van der Waals surface area contributed by atoms with E-state index >= 15 is 0 Å². The Morgan fingerprint density at radius 2 is 1.85 bits per heavy atom. The van der Waals surface area contributed by atoms with Gasteiger partial charge in [-0.05, 0) is 39.2 Å². The molecule has 1 rings (SSSR count). The Hall–Kier alpha value is -0.0400. The van der Waals surface area contributed by atoms with Gasteiger partial charge >= 0.3 is 0 Å². The Morgan fingerprint density at radius 3 is 2.40 bits per heavy atom. The summed E-state index contributed by atoms with van der Waals surface area (Å²) in [6.45, 7) is 12.2. The lowest BCUT2D eigenvalue weighted by Gasteiger charge is -2.38. The van der Waals surface area contributed by atoms with E-state index in [9.17, 15) is 0 Å². The van der Waals surface area contributed by atoms with Crippen molar-refractivity contribution in [2.45, 2.75) is 59.0 Å². The fourth-order valence-electron chi connectivity index (χ4n) is 2.66. The van der Waals surface area contributed by atoms with Crippen LogP contribution in [0.3, 0.4) is 0 Å². The van der Waals surface area contributed by atoms with Gasteiger partial charge in [0, 0.05) is 32.2 Å². The smallest absolute Gasteiger partial charge is 0.191 e. The molecule has 0 amide bonds. The average Bonchev–Trinajstić information content (AvgIpc) is 2.39. The third-order valence-corrected chi connectivity index (χ3v) is 3.89. The second-order valence-corrected chi connectivity index (χ2v) is 6.16. The molecular formula is C15H33IN4. The first kappa shape index (κ1) is 20.0. The number of halogens is 1. The van der Waals surface area contributed by atoms with Crippen LogP contribution < -0.4 is 10.6 Å². The largest absolute Gasteiger partial charge is 0.356 e. The molecule has 1 fully saturated rings. The molecule has 0 aromatic carbocycles. The zero-order valence-corrected chi connectivity index (χ0v) is 16.1. The highest BCUT2D eigenvalue weighted by Crippen LogP contribution is 2.18. The maximum absolute atomic E-state index is 4.27. The molecule has 1 aliphatic rings. The fraction of sp³-hybridized carbons (Fsp3) is 0.933. The predicted octanol–water partition coefficient (Wildman–Crippen LogP) is 2.69. The van der Waals surface area contributed by atoms with Crippen LogP contribution in [0.2, 0.25) is 0 Å². The number of hydrogen-bond acceptors (Lipinski definition) is 2. The van der Waals surface area contributed by atoms with Crippen LogP contribution in [0.1, 0.15) is 47.0 Å². The van der Waals surface area contributed by atoms with Crippen LogP contribution in [0, 0.1) is 5.92 Å². The van der Waals surface area contributed by atoms with E-state index in [1.165, 1.54) is 25.8 Å². The second-order valence-electron chi connectivity index (χ2n) is 6.16. The Kier molecular flexibility index (Phi) is 10.6. The minimum absolute atomic E-state index is 0. The Bertz CT molecular complexity index is 281. The molecule has 1 heterocycles. The molecule has 120 valence electrons. The van der Waals surface area contributed by atoms with Crippen LogP contribution >= 0.6 is 24.0 Å². The lowest BCUT2D eigenvalue weighted by molar-refractivity contribution is 0.115. The Labute approximate surface area is 142 Å². The highest BCUT2D eigenvalue weighted by atomic mass is 127. The molecule has 0 aromatic heterocycles. The molecule has 0 bridgehead atoms. The van der Waals surface area contributed by atoms with Crippen molar-refractivity contribution >= 4 is 29.9 Å². The van der Waals surface area contributed by atoms with Gasteiger partial charge in [-0.1, -0.05) is 20.3 Å². The zero-order valence-electron chi connectivity index (χ0n) is 13.8. The standard InChI is InChI=1S/C15H32N4.HI/c1-12(2)10-17-15(16-5)18-11-14(4)19-9-7-6-8-13(19)3;/h12-14H,6-11H2,1-5H3,(H2,16,17,18);1H. The molecule has 1 aliphatic heterocycles. The van der Waals surface area contributed by atoms with Gasteiger partial charge in [-0.25, -0.2) is 0 Å². The number of guanidine groups is 1. The Balaban J connectivity index is 0.00000361. The lowest BCUT2D eigenvalue weighted by Crippen LogP contribution is -2.50. The van der Waals surface area contributed by atoms with Gasteiger partial charge in [0.25, 0.3) is 0 Å². The molecule has 2 N–H and O–H groups in total. The summed E-state index contributed by atoms with van der Waals surface area (Å²) in [7, 11) is 1.84. The van der Waals surface area contributed by atoms with Crippen LogP contribution in [0.4, 0.5) is 0 Å². The minimum atomic E-state index is 0. The van der Waals surface area contributed by atoms with Gasteiger partial charge < -0.3 is 10.6 Å². The summed E-state index contributed by atoms with van der Waals surface area (Å²) in [5.41, 5.74) is 0. The summed E-state index contributed by atoms with van der Waals surface area (Å²) >= 11 is 0. The van der Waals surface area contributed by atoms with Crippen molar-refractivity contribution in [3.63, 3.8) is 0 Å². The third kappa shape index (κ3) is 7.11. The van der Waals surface area contributed by atoms with Crippen molar-refractivity contribution in [1.82, 2.24) is 15.5 Å². The molecule has 0 spiro atoms. The molecule has 0 aromatic rings. The number of hydrogen-bond donors (Lipinski definition) is 2. The number of likely N-dealkylation sites (tertiary alicyclic amines) is 1. The van der Waals surface area contributed by atoms with Crippen molar-refractivity contribution in [3.05, 3.63) is 0 Å². The van der Waals surface area contributed by atoms with Gasteiger partial charge in [0.1, 0.15) is 0 Å². The van der Waals surface area contributed by atoms with E-state index in [0.717, 1.165) is 25.1 Å². The number of rotatable bonds is 5. The summed E-state index contributed by atoms with van der Waals surface area (Å²) < 4.78 is 0. The van der Waals surface area contributed by atoms with Crippen LogP contribution in [0.5, 0.6) is 0 Å². The van der Waals surface area contributed by atoms with E-state index in [4.69, 9.17) is 0 Å². The van der Waals surface area contributed by atoms with E-state index in [1.807, 2.05) is 7.05 Å². The van der Waals surface area contributed by atoms with Crippen LogP contribution in [-0.2, 0) is 0 Å². The molecule has 2 unspecified atom stereocenters. The van der Waals surface area contributed by atoms with Crippen molar-refractivity contribution in [1.29, 1.82) is 0 Å². The SMILES string of the molecule is CN=C(NCC(C)C)NCC(C)N1CCCCC1C.I. The summed E-state index contributed by atoms with van der Waals surface area (Å²) in [5, 5.41) is 6.80. The van der Waals surface area contributed by atoms with E-state index in [2.05, 4.69) is 48.2 Å². The molecular weight excluding hydrogens is 363 g/mol. The highest BCUT2D eigenvalue weighted by molar-refractivity contribution is 14.0. The fourth-order valence-corrected chi connectivity index (χ4v) is 2.66. The summed E-state index contributed by atoms with van der Waals surface area (Å²) in [5.74, 6) is 1.56. The van der Waals surface area contributed by atoms with Gasteiger partial charge in [0.2, 0.25) is 0 Å². The van der Waals surface area contributed by atoms with Gasteiger partial charge in [-0.3, -0.25) is 9.89 Å². The van der Waals surface area contributed by atoms with Crippen LogP contribution in [0.15, 0.2) is 4.99 Å². The minimum Gasteiger partial charge on any atom is -0.356 e. The van der Waals surface area contributed by atoms with Crippen LogP contribution in [-0.4, -0.2) is 49.6 Å². The molecule has 0 saturated carbocycles. The normalized spacial score (nSPS) is 22.3. The van der Waals surface area contributed by atoms with E-state index in [1.54, 1.807) is 0 Å². The van der Waals surface area contributed by atoms with Crippen molar-refractivity contribution in [2.75, 3.05) is 26.7 Å². The first-order valence-electron chi connectivity index (χ1n) is 7.74. The van der Waals surface area contributed by atoms with Gasteiger partial charge in [-0.15, -0.1) is 24.0 Å². The summed E-state index contributed by atoms with van der Waals surface area (Å²) in [6.07, 6.45) is 4.06. The van der Waals surface area contributed by atoms with Gasteiger partial charge in [-0.2, -0.15) is 0 Å². The number of nitrogens with one attached hydrogen (secondary N) is 2. The first-order chi connectivity index (χ1) is 9.04. The van der Waals surface area contributed by atoms with E-state index in [0.29, 0.717) is 12.0 Å². The monoisotopic (exact) mass is 396 g/mol. The third-order valence-electron chi connectivity index (χ3n) is 3.89. The molecule has 5 heteroatoms. The first-order valence-corrected chi connectivity index (χ1v) is 7.74. The molecule has 20 heavy (non-hydrogen) atoms. The van der Waals surface area contributed by atoms with Crippen molar-refractivity contribution in [2.24, 2.45) is 10.9 Å². The average molecular weight is 396 g/mol. The molecule has 0 radical (unpaired) electrons. The Morgan fingerprint density at radius 1 is 1.20 bits per heavy atom. The maximum Gasteiger partial charge on any atom is 0.191 e. The number of nitrogens with zero attached hydrogens (tertiary/aromatic N) is 2. The van der Waals surface area contributed by atoms with Crippen molar-refractivity contribution < 1.29 is 0 Å². The molecule has 0 aliphatic carbocycles. The predicted molar refractivity (Wildman–Crippen MR) is 99.1 cm³/mol. The molecule has 2 atom stereocenters. The van der Waals surface area contributed by atoms with E-state index < -0.39 is 0 Å². The van der Waals surface area contributed by atoms with Crippen molar-refractivity contribution in [3.8, 4) is 0 Å². The summed E-state index contributed by atoms with van der Waals surface area (Å²) in [6, 6.07) is 1.28. The van der Waals surface area contributed by atoms with Gasteiger partial charge in [0.15, 0.2) is 5.96 Å². The number of aliphatic imine (C=N–C) groups is 1.